The van der Waals surface area contributed by atoms with Crippen molar-refractivity contribution < 1.29 is 10.2 Å². The third-order valence-electron chi connectivity index (χ3n) is 1.51. The molecule has 0 aromatic carbocycles. The zero-order chi connectivity index (χ0) is 8.10. The number of aliphatic hydroxyl groups excluding tert-OH is 2. The summed E-state index contributed by atoms with van der Waals surface area (Å²) < 4.78 is 0. The van der Waals surface area contributed by atoms with Gasteiger partial charge in [-0.2, -0.15) is 11.3 Å². The summed E-state index contributed by atoms with van der Waals surface area (Å²) >= 11 is 1.63. The van der Waals surface area contributed by atoms with E-state index in [2.05, 4.69) is 0 Å². The Morgan fingerprint density at radius 1 is 1.55 bits per heavy atom. The van der Waals surface area contributed by atoms with Crippen molar-refractivity contribution in [1.82, 2.24) is 0 Å². The Bertz CT molecular complexity index is 184. The van der Waals surface area contributed by atoms with Crippen molar-refractivity contribution in [3.63, 3.8) is 0 Å². The number of rotatable bonds is 4. The van der Waals surface area contributed by atoms with Gasteiger partial charge in [-0.3, -0.25) is 0 Å². The molecule has 1 heterocycles. The highest BCUT2D eigenvalue weighted by atomic mass is 32.1. The summed E-state index contributed by atoms with van der Waals surface area (Å²) in [6.07, 6.45) is 0.731. The van der Waals surface area contributed by atoms with Gasteiger partial charge in [-0.25, -0.2) is 0 Å². The van der Waals surface area contributed by atoms with E-state index in [9.17, 15) is 5.11 Å². The smallest absolute Gasteiger partial charge is 0.0602 e. The van der Waals surface area contributed by atoms with Gasteiger partial charge < -0.3 is 10.2 Å². The summed E-state index contributed by atoms with van der Waals surface area (Å²) in [5, 5.41) is 21.8. The monoisotopic (exact) mass is 172 g/mol. The van der Waals surface area contributed by atoms with Gasteiger partial charge in [-0.05, 0) is 35.2 Å². The Morgan fingerprint density at radius 3 is 2.91 bits per heavy atom. The highest BCUT2D eigenvalue weighted by Crippen LogP contribution is 2.09. The number of aliphatic hydroxyl groups is 2. The minimum Gasteiger partial charge on any atom is -0.396 e. The minimum absolute atomic E-state index is 0.0608. The van der Waals surface area contributed by atoms with Gasteiger partial charge in [0.1, 0.15) is 0 Å². The summed E-state index contributed by atoms with van der Waals surface area (Å²) in [6, 6.07) is 1.99. The molecule has 0 bridgehead atoms. The molecule has 0 saturated carbocycles. The molecular weight excluding hydrogens is 160 g/mol. The lowest BCUT2D eigenvalue weighted by Gasteiger charge is -2.05. The van der Waals surface area contributed by atoms with Crippen LogP contribution in [0.1, 0.15) is 12.0 Å². The van der Waals surface area contributed by atoms with Gasteiger partial charge in [-0.1, -0.05) is 0 Å². The topological polar surface area (TPSA) is 40.5 Å². The molecule has 1 rings (SSSR count). The van der Waals surface area contributed by atoms with E-state index in [0.29, 0.717) is 12.8 Å². The number of thiophene rings is 1. The third-order valence-corrected chi connectivity index (χ3v) is 2.25. The van der Waals surface area contributed by atoms with Crippen LogP contribution in [0.2, 0.25) is 0 Å². The Hall–Kier alpha value is -0.380. The normalized spacial score (nSPS) is 13.3. The molecule has 2 nitrogen and oxygen atoms in total. The Labute approximate surface area is 70.1 Å². The van der Waals surface area contributed by atoms with E-state index < -0.39 is 6.10 Å². The zero-order valence-electron chi connectivity index (χ0n) is 6.23. The highest BCUT2D eigenvalue weighted by molar-refractivity contribution is 7.07. The SMILES string of the molecule is OCCC(O)Cc1ccsc1. The molecule has 62 valence electrons. The van der Waals surface area contributed by atoms with E-state index >= 15 is 0 Å². The van der Waals surface area contributed by atoms with Crippen molar-refractivity contribution in [2.75, 3.05) is 6.61 Å². The minimum atomic E-state index is -0.394. The van der Waals surface area contributed by atoms with Crippen LogP contribution < -0.4 is 0 Å². The molecule has 0 saturated heterocycles. The predicted octanol–water partition coefficient (Wildman–Crippen LogP) is 1.03. The molecule has 1 unspecified atom stereocenters. The summed E-state index contributed by atoms with van der Waals surface area (Å²) in [4.78, 5) is 0. The number of hydrogen-bond donors (Lipinski definition) is 2. The first-order valence-electron chi connectivity index (χ1n) is 3.63. The van der Waals surface area contributed by atoms with Crippen LogP contribution in [-0.2, 0) is 6.42 Å². The maximum absolute atomic E-state index is 9.27. The summed E-state index contributed by atoms with van der Waals surface area (Å²) in [6.45, 7) is 0.0608. The maximum atomic E-state index is 9.27. The van der Waals surface area contributed by atoms with Crippen molar-refractivity contribution in [1.29, 1.82) is 0 Å². The number of hydrogen-bond acceptors (Lipinski definition) is 3. The maximum Gasteiger partial charge on any atom is 0.0602 e. The molecule has 2 N–H and O–H groups in total. The first-order valence-corrected chi connectivity index (χ1v) is 4.57. The Kier molecular flexibility index (Phi) is 3.56. The fraction of sp³-hybridized carbons (Fsp3) is 0.500. The molecule has 1 aromatic heterocycles. The van der Waals surface area contributed by atoms with Gasteiger partial charge in [-0.15, -0.1) is 0 Å². The lowest BCUT2D eigenvalue weighted by atomic mass is 10.1. The molecule has 0 fully saturated rings. The Morgan fingerprint density at radius 2 is 2.36 bits per heavy atom. The fourth-order valence-corrected chi connectivity index (χ4v) is 1.61. The molecule has 0 aliphatic rings. The van der Waals surface area contributed by atoms with E-state index in [4.69, 9.17) is 5.11 Å². The summed E-state index contributed by atoms with van der Waals surface area (Å²) in [5.74, 6) is 0. The average molecular weight is 172 g/mol. The molecule has 0 amide bonds. The average Bonchev–Trinajstić information content (AvgIpc) is 2.40. The third kappa shape index (κ3) is 3.01. The van der Waals surface area contributed by atoms with Crippen LogP contribution >= 0.6 is 11.3 Å². The lowest BCUT2D eigenvalue weighted by molar-refractivity contribution is 0.133. The van der Waals surface area contributed by atoms with E-state index in [1.165, 1.54) is 0 Å². The van der Waals surface area contributed by atoms with Crippen LogP contribution in [0.3, 0.4) is 0 Å². The lowest BCUT2D eigenvalue weighted by Crippen LogP contribution is -2.11. The van der Waals surface area contributed by atoms with Crippen molar-refractivity contribution in [2.24, 2.45) is 0 Å². The quantitative estimate of drug-likeness (QED) is 0.712. The van der Waals surface area contributed by atoms with Crippen LogP contribution in [0.15, 0.2) is 16.8 Å². The second kappa shape index (κ2) is 4.49. The van der Waals surface area contributed by atoms with E-state index in [1.807, 2.05) is 16.8 Å². The van der Waals surface area contributed by atoms with Crippen molar-refractivity contribution in [2.45, 2.75) is 18.9 Å². The van der Waals surface area contributed by atoms with Gasteiger partial charge in [0.25, 0.3) is 0 Å². The first-order chi connectivity index (χ1) is 5.33. The molecule has 11 heavy (non-hydrogen) atoms. The van der Waals surface area contributed by atoms with Crippen molar-refractivity contribution in [3.8, 4) is 0 Å². The van der Waals surface area contributed by atoms with E-state index in [-0.39, 0.29) is 6.61 Å². The van der Waals surface area contributed by atoms with E-state index in [0.717, 1.165) is 5.56 Å². The largest absolute Gasteiger partial charge is 0.396 e. The molecule has 0 radical (unpaired) electrons. The Balaban J connectivity index is 2.31. The van der Waals surface area contributed by atoms with Gasteiger partial charge in [0, 0.05) is 6.61 Å². The van der Waals surface area contributed by atoms with Gasteiger partial charge in [0.15, 0.2) is 0 Å². The zero-order valence-corrected chi connectivity index (χ0v) is 7.05. The second-order valence-corrected chi connectivity index (χ2v) is 3.28. The van der Waals surface area contributed by atoms with Gasteiger partial charge >= 0.3 is 0 Å². The standard InChI is InChI=1S/C8H12O2S/c9-3-1-8(10)5-7-2-4-11-6-7/h2,4,6,8-10H,1,3,5H2. The molecular formula is C8H12O2S. The van der Waals surface area contributed by atoms with Crippen molar-refractivity contribution >= 4 is 11.3 Å². The van der Waals surface area contributed by atoms with Crippen LogP contribution in [-0.4, -0.2) is 22.9 Å². The summed E-state index contributed by atoms with van der Waals surface area (Å²) in [7, 11) is 0. The molecule has 0 spiro atoms. The van der Waals surface area contributed by atoms with Crippen LogP contribution in [0, 0.1) is 0 Å². The molecule has 1 aromatic rings. The highest BCUT2D eigenvalue weighted by Gasteiger charge is 2.03. The molecule has 0 aliphatic heterocycles. The first kappa shape index (κ1) is 8.71. The van der Waals surface area contributed by atoms with Crippen LogP contribution in [0.5, 0.6) is 0 Å². The van der Waals surface area contributed by atoms with Crippen LogP contribution in [0.25, 0.3) is 0 Å². The van der Waals surface area contributed by atoms with Crippen LogP contribution in [0.4, 0.5) is 0 Å². The summed E-state index contributed by atoms with van der Waals surface area (Å²) in [5.41, 5.74) is 1.15. The molecule has 3 heteroatoms. The molecule has 1 atom stereocenters. The molecule has 0 aliphatic carbocycles. The van der Waals surface area contributed by atoms with E-state index in [1.54, 1.807) is 11.3 Å². The predicted molar refractivity (Wildman–Crippen MR) is 45.7 cm³/mol. The van der Waals surface area contributed by atoms with Gasteiger partial charge in [0.05, 0.1) is 6.10 Å². The van der Waals surface area contributed by atoms with Gasteiger partial charge in [0.2, 0.25) is 0 Å². The fourth-order valence-electron chi connectivity index (χ4n) is 0.932. The second-order valence-electron chi connectivity index (χ2n) is 2.50. The van der Waals surface area contributed by atoms with Crippen molar-refractivity contribution in [3.05, 3.63) is 22.4 Å².